The third-order valence-corrected chi connectivity index (χ3v) is 6.59. The molecule has 0 saturated carbocycles. The minimum absolute atomic E-state index is 0.370. The van der Waals surface area contributed by atoms with Crippen molar-refractivity contribution in [1.29, 1.82) is 0 Å². The Labute approximate surface area is 210 Å². The molecular formula is C26H15Br2F4NO. The molecule has 4 aromatic carbocycles. The summed E-state index contributed by atoms with van der Waals surface area (Å²) in [5.41, 5.74) is 1.68. The summed E-state index contributed by atoms with van der Waals surface area (Å²) >= 11 is 6.89. The van der Waals surface area contributed by atoms with E-state index in [1.807, 2.05) is 65.6 Å². The van der Waals surface area contributed by atoms with Gasteiger partial charge in [-0.2, -0.15) is 17.6 Å². The summed E-state index contributed by atoms with van der Waals surface area (Å²) in [7, 11) is 0. The van der Waals surface area contributed by atoms with E-state index in [0.29, 0.717) is 16.8 Å². The molecule has 34 heavy (non-hydrogen) atoms. The Kier molecular flexibility index (Phi) is 5.78. The van der Waals surface area contributed by atoms with Gasteiger partial charge in [-0.25, -0.2) is 4.74 Å². The van der Waals surface area contributed by atoms with Crippen LogP contribution in [0.15, 0.2) is 99.9 Å². The van der Waals surface area contributed by atoms with Gasteiger partial charge in [0.15, 0.2) is 0 Å². The molecule has 1 aliphatic rings. The Morgan fingerprint density at radius 3 is 1.74 bits per heavy atom. The molecule has 0 radical (unpaired) electrons. The molecule has 1 aliphatic heterocycles. The molecule has 2 nitrogen and oxygen atoms in total. The summed E-state index contributed by atoms with van der Waals surface area (Å²) in [6, 6.07) is 26.0. The second kappa shape index (κ2) is 8.52. The van der Waals surface area contributed by atoms with Crippen molar-refractivity contribution in [3.63, 3.8) is 0 Å². The zero-order valence-electron chi connectivity index (χ0n) is 17.3. The van der Waals surface area contributed by atoms with Crippen molar-refractivity contribution >= 4 is 48.9 Å². The molecule has 8 heteroatoms. The zero-order valence-corrected chi connectivity index (χ0v) is 20.5. The average molecular weight is 593 g/mol. The van der Waals surface area contributed by atoms with Gasteiger partial charge in [-0.05, 0) is 72.3 Å². The first-order valence-corrected chi connectivity index (χ1v) is 11.8. The van der Waals surface area contributed by atoms with Gasteiger partial charge in [0.2, 0.25) is 0 Å². The maximum Gasteiger partial charge on any atom is 0.388 e. The molecule has 0 unspecified atom stereocenters. The average Bonchev–Trinajstić information content (AvgIpc) is 3.00. The molecule has 0 aliphatic carbocycles. The maximum atomic E-state index is 14.3. The van der Waals surface area contributed by atoms with Crippen LogP contribution in [-0.2, 0) is 17.0 Å². The molecule has 0 aromatic heterocycles. The third-order valence-electron chi connectivity index (χ3n) is 5.53. The van der Waals surface area contributed by atoms with E-state index < -0.39 is 23.3 Å². The van der Waals surface area contributed by atoms with Gasteiger partial charge in [0, 0.05) is 25.9 Å². The van der Waals surface area contributed by atoms with E-state index >= 15 is 0 Å². The maximum absolute atomic E-state index is 14.3. The third kappa shape index (κ3) is 4.15. The molecule has 0 fully saturated rings. The number of rotatable bonds is 4. The highest BCUT2D eigenvalue weighted by Crippen LogP contribution is 2.52. The van der Waals surface area contributed by atoms with Crippen molar-refractivity contribution in [3.05, 3.63) is 111 Å². The molecular weight excluding hydrogens is 578 g/mol. The largest absolute Gasteiger partial charge is 0.388 e. The van der Waals surface area contributed by atoms with E-state index in [1.165, 1.54) is 6.07 Å². The van der Waals surface area contributed by atoms with Crippen molar-refractivity contribution in [1.82, 2.24) is 0 Å². The Bertz CT molecular complexity index is 1310. The lowest BCUT2D eigenvalue weighted by Crippen LogP contribution is -2.17. The van der Waals surface area contributed by atoms with Crippen LogP contribution in [0, 0.1) is 0 Å². The molecule has 0 N–H and O–H groups in total. The van der Waals surface area contributed by atoms with Crippen LogP contribution in [0.1, 0.15) is 11.1 Å². The second-order valence-corrected chi connectivity index (χ2v) is 9.53. The number of hydrogen-bond donors (Lipinski definition) is 0. The van der Waals surface area contributed by atoms with Gasteiger partial charge in [0.05, 0.1) is 16.8 Å². The minimum atomic E-state index is -4.08. The van der Waals surface area contributed by atoms with Gasteiger partial charge >= 0.3 is 12.2 Å². The van der Waals surface area contributed by atoms with Gasteiger partial charge in [-0.15, -0.1) is 0 Å². The topological polar surface area (TPSA) is 12.5 Å². The molecule has 0 amide bonds. The number of hydrogen-bond acceptors (Lipinski definition) is 2. The van der Waals surface area contributed by atoms with Crippen LogP contribution in [0.3, 0.4) is 0 Å². The first kappa shape index (κ1) is 23.1. The van der Waals surface area contributed by atoms with Gasteiger partial charge in [0.25, 0.3) is 0 Å². The van der Waals surface area contributed by atoms with Crippen LogP contribution < -0.4 is 4.90 Å². The summed E-state index contributed by atoms with van der Waals surface area (Å²) in [4.78, 5) is 1.98. The summed E-state index contributed by atoms with van der Waals surface area (Å²) in [5, 5.41) is 0. The van der Waals surface area contributed by atoms with Gasteiger partial charge in [0.1, 0.15) is 0 Å². The van der Waals surface area contributed by atoms with Crippen molar-refractivity contribution < 1.29 is 22.3 Å². The summed E-state index contributed by atoms with van der Waals surface area (Å²) < 4.78 is 62.0. The zero-order chi connectivity index (χ0) is 24.1. The molecule has 172 valence electrons. The van der Waals surface area contributed by atoms with E-state index in [0.717, 1.165) is 32.5 Å². The second-order valence-electron chi connectivity index (χ2n) is 7.70. The molecule has 1 heterocycles. The summed E-state index contributed by atoms with van der Waals surface area (Å²) in [6.45, 7) is 0. The number of anilines is 3. The fraction of sp³-hybridized carbons (Fsp3) is 0.0769. The van der Waals surface area contributed by atoms with Gasteiger partial charge in [-0.1, -0.05) is 56.1 Å². The molecule has 0 spiro atoms. The molecule has 0 saturated heterocycles. The highest BCUT2D eigenvalue weighted by atomic mass is 79.9. The number of para-hydroxylation sites is 1. The Morgan fingerprint density at radius 1 is 0.618 bits per heavy atom. The lowest BCUT2D eigenvalue weighted by molar-refractivity contribution is -0.369. The number of fused-ring (bicyclic) bond motifs is 1. The lowest BCUT2D eigenvalue weighted by Gasteiger charge is -2.28. The Morgan fingerprint density at radius 2 is 1.15 bits per heavy atom. The number of alkyl halides is 4. The standard InChI is InChI=1S/C26H15Br2F4NO/c27-17-6-10-19(11-7-17)33(20-12-8-18(28)9-13-20)24-4-2-1-3-21(24)16-5-14-22-23(15-16)26(31,32)34-25(22,29)30/h1-15H. The number of benzene rings is 4. The van der Waals surface area contributed by atoms with Crippen LogP contribution in [0.5, 0.6) is 0 Å². The number of ether oxygens (including phenoxy) is 1. The summed E-state index contributed by atoms with van der Waals surface area (Å²) in [5.74, 6) is 0. The van der Waals surface area contributed by atoms with Crippen LogP contribution in [0.2, 0.25) is 0 Å². The highest BCUT2D eigenvalue weighted by Gasteiger charge is 2.57. The van der Waals surface area contributed by atoms with Crippen molar-refractivity contribution in [3.8, 4) is 11.1 Å². The van der Waals surface area contributed by atoms with Crippen LogP contribution in [0.4, 0.5) is 34.6 Å². The Balaban J connectivity index is 1.70. The number of nitrogens with zero attached hydrogens (tertiary/aromatic N) is 1. The van der Waals surface area contributed by atoms with Crippen molar-refractivity contribution in [2.75, 3.05) is 4.90 Å². The van der Waals surface area contributed by atoms with Gasteiger partial charge < -0.3 is 4.90 Å². The van der Waals surface area contributed by atoms with E-state index in [-0.39, 0.29) is 0 Å². The van der Waals surface area contributed by atoms with E-state index in [1.54, 1.807) is 12.1 Å². The molecule has 4 aromatic rings. The van der Waals surface area contributed by atoms with Crippen LogP contribution >= 0.6 is 31.9 Å². The fourth-order valence-electron chi connectivity index (χ4n) is 4.00. The normalized spacial score (nSPS) is 15.7. The predicted octanol–water partition coefficient (Wildman–Crippen LogP) is 9.48. The summed E-state index contributed by atoms with van der Waals surface area (Å²) in [6.07, 6.45) is -8.13. The number of halogens is 6. The monoisotopic (exact) mass is 591 g/mol. The first-order chi connectivity index (χ1) is 16.2. The van der Waals surface area contributed by atoms with Crippen LogP contribution in [-0.4, -0.2) is 0 Å². The molecule has 5 rings (SSSR count). The van der Waals surface area contributed by atoms with Gasteiger partial charge in [-0.3, -0.25) is 0 Å². The smallest absolute Gasteiger partial charge is 0.310 e. The SMILES string of the molecule is FC1(F)OC(F)(F)c2cc(-c3ccccc3N(c3ccc(Br)cc3)c3ccc(Br)cc3)ccc21. The van der Waals surface area contributed by atoms with E-state index in [2.05, 4.69) is 36.6 Å². The van der Waals surface area contributed by atoms with E-state index in [4.69, 9.17) is 0 Å². The van der Waals surface area contributed by atoms with Crippen molar-refractivity contribution in [2.45, 2.75) is 12.2 Å². The highest BCUT2D eigenvalue weighted by molar-refractivity contribution is 9.10. The van der Waals surface area contributed by atoms with E-state index in [9.17, 15) is 17.6 Å². The van der Waals surface area contributed by atoms with Crippen LogP contribution in [0.25, 0.3) is 11.1 Å². The minimum Gasteiger partial charge on any atom is -0.310 e. The quantitative estimate of drug-likeness (QED) is 0.219. The Hall–Kier alpha value is -2.68. The fourth-order valence-corrected chi connectivity index (χ4v) is 4.53. The molecule has 0 bridgehead atoms. The lowest BCUT2D eigenvalue weighted by atomic mass is 9.97. The van der Waals surface area contributed by atoms with Crippen molar-refractivity contribution in [2.24, 2.45) is 0 Å². The predicted molar refractivity (Wildman–Crippen MR) is 131 cm³/mol. The molecule has 0 atom stereocenters. The first-order valence-electron chi connectivity index (χ1n) is 10.2.